The molecule has 0 aliphatic carbocycles. The number of amides is 1. The highest BCUT2D eigenvalue weighted by atomic mass is 19.1. The standard InChI is InChI=1S/C18H21FN2O2/c1-12-10-15(18(23)20-9-5-6-14(20)11-22)13(2)21(12)17-8-4-3-7-16(17)19/h3-4,7-8,10,14,22H,5-6,9,11H2,1-2H3/t14-/m1/s1. The van der Waals surface area contributed by atoms with E-state index < -0.39 is 0 Å². The van der Waals surface area contributed by atoms with Crippen LogP contribution in [-0.2, 0) is 0 Å². The number of likely N-dealkylation sites (tertiary alicyclic amines) is 1. The molecular formula is C18H21FN2O2. The van der Waals surface area contributed by atoms with Crippen molar-refractivity contribution in [1.29, 1.82) is 0 Å². The zero-order valence-electron chi connectivity index (χ0n) is 13.4. The Morgan fingerprint density at radius 2 is 2.09 bits per heavy atom. The first kappa shape index (κ1) is 15.7. The van der Waals surface area contributed by atoms with E-state index in [4.69, 9.17) is 0 Å². The van der Waals surface area contributed by atoms with Gasteiger partial charge >= 0.3 is 0 Å². The van der Waals surface area contributed by atoms with Gasteiger partial charge in [-0.2, -0.15) is 0 Å². The summed E-state index contributed by atoms with van der Waals surface area (Å²) in [5.41, 5.74) is 2.56. The Kier molecular flexibility index (Phi) is 4.22. The molecule has 4 nitrogen and oxygen atoms in total. The molecule has 1 amide bonds. The second-order valence-corrected chi connectivity index (χ2v) is 6.05. The van der Waals surface area contributed by atoms with Crippen molar-refractivity contribution in [2.75, 3.05) is 13.2 Å². The van der Waals surface area contributed by atoms with Gasteiger partial charge in [0.2, 0.25) is 0 Å². The maximum Gasteiger partial charge on any atom is 0.256 e. The third-order valence-corrected chi connectivity index (χ3v) is 4.60. The van der Waals surface area contributed by atoms with Gasteiger partial charge < -0.3 is 14.6 Å². The van der Waals surface area contributed by atoms with Gasteiger partial charge in [-0.05, 0) is 44.9 Å². The molecule has 5 heteroatoms. The first-order valence-electron chi connectivity index (χ1n) is 7.90. The SMILES string of the molecule is Cc1cc(C(=O)N2CCC[C@@H]2CO)c(C)n1-c1ccccc1F. The largest absolute Gasteiger partial charge is 0.394 e. The number of carbonyl (C=O) groups is 1. The van der Waals surface area contributed by atoms with Crippen LogP contribution in [0.3, 0.4) is 0 Å². The van der Waals surface area contributed by atoms with Gasteiger partial charge in [0, 0.05) is 17.9 Å². The minimum atomic E-state index is -0.317. The first-order valence-corrected chi connectivity index (χ1v) is 7.90. The summed E-state index contributed by atoms with van der Waals surface area (Å²) >= 11 is 0. The highest BCUT2D eigenvalue weighted by molar-refractivity contribution is 5.96. The fourth-order valence-electron chi connectivity index (χ4n) is 3.43. The number of aryl methyl sites for hydroxylation is 1. The molecule has 0 spiro atoms. The van der Waals surface area contributed by atoms with Crippen molar-refractivity contribution in [1.82, 2.24) is 9.47 Å². The Hall–Kier alpha value is -2.14. The van der Waals surface area contributed by atoms with Crippen LogP contribution in [0.5, 0.6) is 0 Å². The van der Waals surface area contributed by atoms with Crippen molar-refractivity contribution in [3.63, 3.8) is 0 Å². The molecule has 23 heavy (non-hydrogen) atoms. The maximum absolute atomic E-state index is 14.1. The molecule has 0 radical (unpaired) electrons. The van der Waals surface area contributed by atoms with E-state index in [0.29, 0.717) is 17.8 Å². The number of rotatable bonds is 3. The molecule has 1 atom stereocenters. The maximum atomic E-state index is 14.1. The van der Waals surface area contributed by atoms with Crippen LogP contribution in [-0.4, -0.2) is 39.7 Å². The summed E-state index contributed by atoms with van der Waals surface area (Å²) in [5, 5.41) is 9.43. The van der Waals surface area contributed by atoms with Crippen molar-refractivity contribution in [3.8, 4) is 5.69 Å². The number of para-hydroxylation sites is 1. The van der Waals surface area contributed by atoms with Crippen molar-refractivity contribution < 1.29 is 14.3 Å². The summed E-state index contributed by atoms with van der Waals surface area (Å²) < 4.78 is 15.9. The van der Waals surface area contributed by atoms with Gasteiger partial charge in [0.1, 0.15) is 5.82 Å². The fourth-order valence-corrected chi connectivity index (χ4v) is 3.43. The molecule has 1 saturated heterocycles. The Balaban J connectivity index is 2.01. The molecule has 3 rings (SSSR count). The molecule has 2 aromatic rings. The molecule has 122 valence electrons. The number of aliphatic hydroxyl groups excluding tert-OH is 1. The Morgan fingerprint density at radius 1 is 1.35 bits per heavy atom. The Labute approximate surface area is 135 Å². The average molecular weight is 316 g/mol. The molecular weight excluding hydrogens is 295 g/mol. The van der Waals surface area contributed by atoms with Gasteiger partial charge in [0.05, 0.1) is 23.9 Å². The van der Waals surface area contributed by atoms with Gasteiger partial charge in [-0.3, -0.25) is 4.79 Å². The Bertz CT molecular complexity index is 739. The van der Waals surface area contributed by atoms with E-state index in [-0.39, 0.29) is 24.4 Å². The minimum absolute atomic E-state index is 0.0161. The molecule has 0 unspecified atom stereocenters. The van der Waals surface area contributed by atoms with Crippen LogP contribution in [0.1, 0.15) is 34.6 Å². The molecule has 0 bridgehead atoms. The highest BCUT2D eigenvalue weighted by Crippen LogP contribution is 2.26. The zero-order chi connectivity index (χ0) is 16.6. The summed E-state index contributed by atoms with van der Waals surface area (Å²) in [6.07, 6.45) is 1.73. The summed E-state index contributed by atoms with van der Waals surface area (Å²) in [5.74, 6) is -0.403. The molecule has 0 saturated carbocycles. The van der Waals surface area contributed by atoms with Gasteiger partial charge in [0.25, 0.3) is 5.91 Å². The number of halogens is 1. The predicted molar refractivity (Wildman–Crippen MR) is 86.3 cm³/mol. The number of nitrogens with zero attached hydrogens (tertiary/aromatic N) is 2. The number of carbonyl (C=O) groups excluding carboxylic acids is 1. The number of hydrogen-bond acceptors (Lipinski definition) is 2. The van der Waals surface area contributed by atoms with E-state index in [1.165, 1.54) is 6.07 Å². The van der Waals surface area contributed by atoms with Crippen LogP contribution in [0.15, 0.2) is 30.3 Å². The molecule has 2 heterocycles. The van der Waals surface area contributed by atoms with Crippen LogP contribution in [0, 0.1) is 19.7 Å². The lowest BCUT2D eigenvalue weighted by Gasteiger charge is -2.23. The van der Waals surface area contributed by atoms with Crippen molar-refractivity contribution in [2.24, 2.45) is 0 Å². The number of aromatic nitrogens is 1. The molecule has 1 aliphatic heterocycles. The normalized spacial score (nSPS) is 17.7. The third-order valence-electron chi connectivity index (χ3n) is 4.60. The average Bonchev–Trinajstić information content (AvgIpc) is 3.12. The van der Waals surface area contributed by atoms with Gasteiger partial charge in [0.15, 0.2) is 0 Å². The Morgan fingerprint density at radius 3 is 2.78 bits per heavy atom. The van der Waals surface area contributed by atoms with E-state index in [9.17, 15) is 14.3 Å². The predicted octanol–water partition coefficient (Wildman–Crippen LogP) is 2.83. The number of aliphatic hydroxyl groups is 1. The summed E-state index contributed by atoms with van der Waals surface area (Å²) in [7, 11) is 0. The summed E-state index contributed by atoms with van der Waals surface area (Å²) in [4.78, 5) is 14.6. The van der Waals surface area contributed by atoms with Crippen LogP contribution in [0.2, 0.25) is 0 Å². The lowest BCUT2D eigenvalue weighted by atomic mass is 10.2. The van der Waals surface area contributed by atoms with Crippen molar-refractivity contribution in [3.05, 3.63) is 53.1 Å². The van der Waals surface area contributed by atoms with E-state index in [1.54, 1.807) is 33.7 Å². The van der Waals surface area contributed by atoms with Crippen molar-refractivity contribution in [2.45, 2.75) is 32.7 Å². The monoisotopic (exact) mass is 316 g/mol. The molecule has 1 aromatic heterocycles. The topological polar surface area (TPSA) is 45.5 Å². The van der Waals surface area contributed by atoms with Gasteiger partial charge in [-0.1, -0.05) is 12.1 Å². The lowest BCUT2D eigenvalue weighted by molar-refractivity contribution is 0.0677. The van der Waals surface area contributed by atoms with E-state index >= 15 is 0 Å². The lowest BCUT2D eigenvalue weighted by Crippen LogP contribution is -2.37. The highest BCUT2D eigenvalue weighted by Gasteiger charge is 2.31. The third kappa shape index (κ3) is 2.65. The molecule has 1 aromatic carbocycles. The number of benzene rings is 1. The second-order valence-electron chi connectivity index (χ2n) is 6.05. The molecule has 1 N–H and O–H groups in total. The van der Waals surface area contributed by atoms with Crippen LogP contribution in [0.25, 0.3) is 5.69 Å². The van der Waals surface area contributed by atoms with Crippen LogP contribution >= 0.6 is 0 Å². The van der Waals surface area contributed by atoms with Crippen LogP contribution in [0.4, 0.5) is 4.39 Å². The zero-order valence-corrected chi connectivity index (χ0v) is 13.4. The van der Waals surface area contributed by atoms with E-state index in [2.05, 4.69) is 0 Å². The quantitative estimate of drug-likeness (QED) is 0.946. The van der Waals surface area contributed by atoms with Crippen molar-refractivity contribution >= 4 is 5.91 Å². The summed E-state index contributed by atoms with van der Waals surface area (Å²) in [6.45, 7) is 4.34. The minimum Gasteiger partial charge on any atom is -0.394 e. The fraction of sp³-hybridized carbons (Fsp3) is 0.389. The van der Waals surface area contributed by atoms with Gasteiger partial charge in [-0.15, -0.1) is 0 Å². The molecule has 1 fully saturated rings. The first-order chi connectivity index (χ1) is 11.0. The van der Waals surface area contributed by atoms with E-state index in [1.807, 2.05) is 13.8 Å². The smallest absolute Gasteiger partial charge is 0.256 e. The second kappa shape index (κ2) is 6.16. The number of hydrogen-bond donors (Lipinski definition) is 1. The molecule has 1 aliphatic rings. The van der Waals surface area contributed by atoms with Gasteiger partial charge in [-0.25, -0.2) is 4.39 Å². The van der Waals surface area contributed by atoms with E-state index in [0.717, 1.165) is 24.2 Å². The van der Waals surface area contributed by atoms with Crippen LogP contribution < -0.4 is 0 Å². The summed E-state index contributed by atoms with van der Waals surface area (Å²) in [6, 6.07) is 8.24.